The Labute approximate surface area is 133 Å². The van der Waals surface area contributed by atoms with Crippen LogP contribution in [0, 0.1) is 20.8 Å². The van der Waals surface area contributed by atoms with Gasteiger partial charge in [-0.05, 0) is 44.7 Å². The van der Waals surface area contributed by atoms with E-state index in [4.69, 9.17) is 0 Å². The molecule has 0 saturated heterocycles. The molecule has 0 radical (unpaired) electrons. The van der Waals surface area contributed by atoms with Gasteiger partial charge in [0.05, 0.1) is 21.8 Å². The molecule has 3 nitrogen and oxygen atoms in total. The van der Waals surface area contributed by atoms with Crippen molar-refractivity contribution in [3.8, 4) is 0 Å². The maximum Gasteiger partial charge on any atom is 0.158 e. The molecule has 1 aromatic carbocycles. The molecule has 21 heavy (non-hydrogen) atoms. The van der Waals surface area contributed by atoms with Crippen LogP contribution < -0.4 is 10.6 Å². The van der Waals surface area contributed by atoms with Crippen molar-refractivity contribution in [2.45, 2.75) is 32.7 Å². The van der Waals surface area contributed by atoms with Gasteiger partial charge < -0.3 is 10.6 Å². The van der Waals surface area contributed by atoms with Gasteiger partial charge in [-0.15, -0.1) is 11.3 Å². The van der Waals surface area contributed by atoms with Crippen molar-refractivity contribution in [2.24, 2.45) is 0 Å². The summed E-state index contributed by atoms with van der Waals surface area (Å²) in [5.41, 5.74) is 7.84. The maximum absolute atomic E-state index is 4.32. The molecular weight excluding hydrogens is 298 g/mol. The number of rotatable bonds is 3. The first-order valence-electron chi connectivity index (χ1n) is 6.89. The smallest absolute Gasteiger partial charge is 0.158 e. The van der Waals surface area contributed by atoms with Gasteiger partial charge in [0.15, 0.2) is 4.99 Å². The lowest BCUT2D eigenvalue weighted by Crippen LogP contribution is -2.42. The molecule has 0 fully saturated rings. The molecule has 0 saturated carbocycles. The fraction of sp³-hybridized carbons (Fsp3) is 0.312. The molecule has 1 aliphatic rings. The van der Waals surface area contributed by atoms with Crippen molar-refractivity contribution in [2.75, 3.05) is 5.32 Å². The van der Waals surface area contributed by atoms with E-state index < -0.39 is 0 Å². The van der Waals surface area contributed by atoms with E-state index in [0.29, 0.717) is 0 Å². The summed E-state index contributed by atoms with van der Waals surface area (Å²) in [7, 11) is 0. The first-order chi connectivity index (χ1) is 9.97. The normalized spacial score (nSPS) is 21.0. The molecule has 1 unspecified atom stereocenters. The lowest BCUT2D eigenvalue weighted by atomic mass is 10.1. The number of nitrogens with zero attached hydrogens (tertiary/aromatic N) is 1. The Morgan fingerprint density at radius 1 is 1.24 bits per heavy atom. The van der Waals surface area contributed by atoms with Crippen molar-refractivity contribution in [3.63, 3.8) is 0 Å². The molecule has 2 N–H and O–H groups in total. The predicted molar refractivity (Wildman–Crippen MR) is 93.5 cm³/mol. The third kappa shape index (κ3) is 2.94. The molecular formula is C16H19N3S2. The van der Waals surface area contributed by atoms with Crippen LogP contribution in [0.2, 0.25) is 0 Å². The largest absolute Gasteiger partial charge is 0.354 e. The molecule has 1 aliphatic heterocycles. The standard InChI is InChI=1S/C16H19N3S2/c1-10-5-6-13(11(2)7-10)18-16(4)19-14(8-21-16)15-12(3)17-9-20-15/h5-9,18-19H,1-4H3. The van der Waals surface area contributed by atoms with Crippen LogP contribution in [0.3, 0.4) is 0 Å². The van der Waals surface area contributed by atoms with Gasteiger partial charge in [0.2, 0.25) is 0 Å². The van der Waals surface area contributed by atoms with Crippen LogP contribution in [0.15, 0.2) is 29.1 Å². The van der Waals surface area contributed by atoms with Crippen molar-refractivity contribution in [3.05, 3.63) is 50.8 Å². The second-order valence-corrected chi connectivity index (χ2v) is 7.66. The lowest BCUT2D eigenvalue weighted by Gasteiger charge is -2.29. The van der Waals surface area contributed by atoms with Gasteiger partial charge >= 0.3 is 0 Å². The molecule has 2 heterocycles. The third-order valence-electron chi connectivity index (χ3n) is 3.53. The topological polar surface area (TPSA) is 37.0 Å². The van der Waals surface area contributed by atoms with E-state index in [0.717, 1.165) is 11.4 Å². The van der Waals surface area contributed by atoms with Crippen LogP contribution in [0.25, 0.3) is 5.70 Å². The molecule has 0 amide bonds. The summed E-state index contributed by atoms with van der Waals surface area (Å²) in [6.45, 7) is 8.47. The number of thiazole rings is 1. The fourth-order valence-electron chi connectivity index (χ4n) is 2.43. The zero-order valence-corrected chi connectivity index (χ0v) is 14.3. The summed E-state index contributed by atoms with van der Waals surface area (Å²) in [5, 5.41) is 9.37. The minimum absolute atomic E-state index is 0.230. The first-order valence-corrected chi connectivity index (χ1v) is 8.65. The highest BCUT2D eigenvalue weighted by Gasteiger charge is 2.31. The van der Waals surface area contributed by atoms with Gasteiger partial charge in [0.25, 0.3) is 0 Å². The van der Waals surface area contributed by atoms with Crippen molar-refractivity contribution in [1.82, 2.24) is 10.3 Å². The highest BCUT2D eigenvalue weighted by Crippen LogP contribution is 2.38. The van der Waals surface area contributed by atoms with Gasteiger partial charge in [-0.3, -0.25) is 0 Å². The number of benzene rings is 1. The van der Waals surface area contributed by atoms with Gasteiger partial charge in [-0.2, -0.15) is 0 Å². The van der Waals surface area contributed by atoms with E-state index in [1.807, 2.05) is 12.4 Å². The van der Waals surface area contributed by atoms with Crippen molar-refractivity contribution in [1.29, 1.82) is 0 Å². The van der Waals surface area contributed by atoms with E-state index in [1.54, 1.807) is 23.1 Å². The van der Waals surface area contributed by atoms with Gasteiger partial charge in [0.1, 0.15) is 0 Å². The SMILES string of the molecule is Cc1ccc(NC2(C)NC(c3scnc3C)=CS2)c(C)c1. The number of aryl methyl sites for hydroxylation is 3. The molecule has 1 atom stereocenters. The summed E-state index contributed by atoms with van der Waals surface area (Å²) in [5.74, 6) is 0. The van der Waals surface area contributed by atoms with Crippen LogP contribution in [0.4, 0.5) is 5.69 Å². The van der Waals surface area contributed by atoms with Gasteiger partial charge in [0, 0.05) is 5.69 Å². The second kappa shape index (κ2) is 5.39. The monoisotopic (exact) mass is 317 g/mol. The summed E-state index contributed by atoms with van der Waals surface area (Å²) in [6.07, 6.45) is 0. The molecule has 0 bridgehead atoms. The average Bonchev–Trinajstić information content (AvgIpc) is 3.00. The molecule has 5 heteroatoms. The fourth-order valence-corrected chi connectivity index (χ4v) is 4.15. The Bertz CT molecular complexity index is 705. The quantitative estimate of drug-likeness (QED) is 0.874. The van der Waals surface area contributed by atoms with Crippen LogP contribution >= 0.6 is 23.1 Å². The van der Waals surface area contributed by atoms with E-state index in [1.165, 1.54) is 21.7 Å². The molecule has 3 rings (SSSR count). The number of aromatic nitrogens is 1. The molecule has 0 spiro atoms. The average molecular weight is 317 g/mol. The van der Waals surface area contributed by atoms with Crippen LogP contribution in [-0.2, 0) is 0 Å². The summed E-state index contributed by atoms with van der Waals surface area (Å²) >= 11 is 3.44. The zero-order valence-electron chi connectivity index (χ0n) is 12.7. The summed E-state index contributed by atoms with van der Waals surface area (Å²) in [4.78, 5) is 5.31. The number of hydrogen-bond acceptors (Lipinski definition) is 5. The molecule has 110 valence electrons. The first kappa shape index (κ1) is 14.5. The van der Waals surface area contributed by atoms with E-state index >= 15 is 0 Å². The number of hydrogen-bond donors (Lipinski definition) is 2. The predicted octanol–water partition coefficient (Wildman–Crippen LogP) is 4.49. The Morgan fingerprint density at radius 2 is 2.05 bits per heavy atom. The van der Waals surface area contributed by atoms with Crippen molar-refractivity contribution >= 4 is 34.5 Å². The third-order valence-corrected chi connectivity index (χ3v) is 5.52. The van der Waals surface area contributed by atoms with E-state index in [-0.39, 0.29) is 4.99 Å². The number of thioether (sulfide) groups is 1. The number of nitrogens with one attached hydrogen (secondary N) is 2. The Kier molecular flexibility index (Phi) is 3.71. The van der Waals surface area contributed by atoms with Crippen LogP contribution in [-0.4, -0.2) is 9.98 Å². The van der Waals surface area contributed by atoms with Gasteiger partial charge in [-0.25, -0.2) is 4.98 Å². The molecule has 1 aromatic heterocycles. The molecule has 0 aliphatic carbocycles. The van der Waals surface area contributed by atoms with E-state index in [9.17, 15) is 0 Å². The Balaban J connectivity index is 1.77. The highest BCUT2D eigenvalue weighted by atomic mass is 32.2. The van der Waals surface area contributed by atoms with Crippen LogP contribution in [0.5, 0.6) is 0 Å². The zero-order chi connectivity index (χ0) is 15.0. The highest BCUT2D eigenvalue weighted by molar-refractivity contribution is 8.04. The maximum atomic E-state index is 4.32. The summed E-state index contributed by atoms with van der Waals surface area (Å²) in [6, 6.07) is 6.49. The van der Waals surface area contributed by atoms with Crippen LogP contribution in [0.1, 0.15) is 28.6 Å². The molecule has 2 aromatic rings. The number of anilines is 1. The Morgan fingerprint density at radius 3 is 2.71 bits per heavy atom. The second-order valence-electron chi connectivity index (χ2n) is 5.52. The minimum atomic E-state index is -0.230. The minimum Gasteiger partial charge on any atom is -0.354 e. The van der Waals surface area contributed by atoms with Crippen molar-refractivity contribution < 1.29 is 0 Å². The Hall–Kier alpha value is -1.46. The summed E-state index contributed by atoms with van der Waals surface area (Å²) < 4.78 is 0. The van der Waals surface area contributed by atoms with Gasteiger partial charge in [-0.1, -0.05) is 29.5 Å². The van der Waals surface area contributed by atoms with E-state index in [2.05, 4.69) is 60.0 Å². The lowest BCUT2D eigenvalue weighted by molar-refractivity contribution is 0.681.